The zero-order valence-corrected chi connectivity index (χ0v) is 18.6. The smallest absolute Gasteiger partial charge is 0.326 e. The van der Waals surface area contributed by atoms with Gasteiger partial charge in [0.1, 0.15) is 24.2 Å². The van der Waals surface area contributed by atoms with Gasteiger partial charge in [-0.05, 0) is 37.2 Å². The van der Waals surface area contributed by atoms with E-state index in [4.69, 9.17) is 10.8 Å². The lowest BCUT2D eigenvalue weighted by Gasteiger charge is -2.31. The second-order valence-electron chi connectivity index (χ2n) is 7.53. The van der Waals surface area contributed by atoms with E-state index in [-0.39, 0.29) is 5.92 Å². The summed E-state index contributed by atoms with van der Waals surface area (Å²) in [5, 5.41) is 23.7. The van der Waals surface area contributed by atoms with E-state index in [1.54, 1.807) is 0 Å². The van der Waals surface area contributed by atoms with Gasteiger partial charge in [-0.2, -0.15) is 11.8 Å². The SMILES string of the molecule is CCC(C)C(NC(=O)C(CCSC)NC(=O)C(N)CO)C(=O)N1CCCC1C(=O)O. The van der Waals surface area contributed by atoms with Crippen LogP contribution >= 0.6 is 11.8 Å². The van der Waals surface area contributed by atoms with Crippen LogP contribution in [-0.2, 0) is 19.2 Å². The van der Waals surface area contributed by atoms with Crippen molar-refractivity contribution in [1.82, 2.24) is 15.5 Å². The molecule has 10 nitrogen and oxygen atoms in total. The van der Waals surface area contributed by atoms with Crippen molar-refractivity contribution in [3.05, 3.63) is 0 Å². The summed E-state index contributed by atoms with van der Waals surface area (Å²) >= 11 is 1.50. The second-order valence-corrected chi connectivity index (χ2v) is 8.52. The fraction of sp³-hybridized carbons (Fsp3) is 0.789. The average Bonchev–Trinajstić information content (AvgIpc) is 3.23. The highest BCUT2D eigenvalue weighted by Gasteiger charge is 2.39. The number of rotatable bonds is 12. The third kappa shape index (κ3) is 7.13. The van der Waals surface area contributed by atoms with Gasteiger partial charge in [0.05, 0.1) is 6.61 Å². The number of nitrogens with one attached hydrogen (secondary N) is 2. The van der Waals surface area contributed by atoms with Gasteiger partial charge in [0, 0.05) is 6.54 Å². The summed E-state index contributed by atoms with van der Waals surface area (Å²) in [6, 6.07) is -3.86. The van der Waals surface area contributed by atoms with E-state index in [1.807, 2.05) is 20.1 Å². The fourth-order valence-corrected chi connectivity index (χ4v) is 3.74. The summed E-state index contributed by atoms with van der Waals surface area (Å²) in [6.07, 6.45) is 3.75. The van der Waals surface area contributed by atoms with E-state index in [0.29, 0.717) is 38.0 Å². The number of hydrogen-bond acceptors (Lipinski definition) is 7. The Labute approximate surface area is 181 Å². The number of carboxylic acids is 1. The summed E-state index contributed by atoms with van der Waals surface area (Å²) in [4.78, 5) is 50.9. The highest BCUT2D eigenvalue weighted by atomic mass is 32.2. The molecule has 1 saturated heterocycles. The van der Waals surface area contributed by atoms with Gasteiger partial charge in [0.25, 0.3) is 0 Å². The molecule has 0 aromatic carbocycles. The summed E-state index contributed by atoms with van der Waals surface area (Å²) in [7, 11) is 0. The van der Waals surface area contributed by atoms with Gasteiger partial charge in [0.2, 0.25) is 17.7 Å². The topological polar surface area (TPSA) is 162 Å². The van der Waals surface area contributed by atoms with Gasteiger partial charge in [-0.25, -0.2) is 4.79 Å². The van der Waals surface area contributed by atoms with Crippen molar-refractivity contribution >= 4 is 35.5 Å². The Balaban J connectivity index is 2.99. The maximum absolute atomic E-state index is 13.1. The summed E-state index contributed by atoms with van der Waals surface area (Å²) in [5.74, 6) is -2.32. The van der Waals surface area contributed by atoms with Crippen molar-refractivity contribution < 1.29 is 29.4 Å². The number of aliphatic carboxylic acids is 1. The highest BCUT2D eigenvalue weighted by molar-refractivity contribution is 7.98. The number of carbonyl (C=O) groups excluding carboxylic acids is 3. The molecule has 0 radical (unpaired) electrons. The Bertz CT molecular complexity index is 620. The molecule has 3 amide bonds. The number of likely N-dealkylation sites (tertiary alicyclic amines) is 1. The van der Waals surface area contributed by atoms with E-state index in [2.05, 4.69) is 10.6 Å². The quantitative estimate of drug-likeness (QED) is 0.259. The second kappa shape index (κ2) is 12.8. The van der Waals surface area contributed by atoms with E-state index < -0.39 is 54.5 Å². The zero-order chi connectivity index (χ0) is 22.8. The third-order valence-electron chi connectivity index (χ3n) is 5.37. The molecule has 0 aromatic rings. The van der Waals surface area contributed by atoms with Crippen molar-refractivity contribution in [3.8, 4) is 0 Å². The lowest BCUT2D eigenvalue weighted by Crippen LogP contribution is -2.59. The number of amides is 3. The normalized spacial score (nSPS) is 20.2. The molecule has 5 atom stereocenters. The lowest BCUT2D eigenvalue weighted by atomic mass is 9.96. The van der Waals surface area contributed by atoms with Crippen LogP contribution < -0.4 is 16.4 Å². The number of aliphatic hydroxyl groups excluding tert-OH is 1. The molecule has 0 aliphatic carbocycles. The van der Waals surface area contributed by atoms with Crippen LogP contribution in [0.4, 0.5) is 0 Å². The van der Waals surface area contributed by atoms with E-state index >= 15 is 0 Å². The number of nitrogens with zero attached hydrogens (tertiary/aromatic N) is 1. The Morgan fingerprint density at radius 3 is 2.43 bits per heavy atom. The molecule has 0 spiro atoms. The molecular weight excluding hydrogens is 412 g/mol. The molecule has 0 bridgehead atoms. The molecule has 1 fully saturated rings. The first-order chi connectivity index (χ1) is 14.2. The van der Waals surface area contributed by atoms with Gasteiger partial charge in [-0.3, -0.25) is 14.4 Å². The van der Waals surface area contributed by atoms with Gasteiger partial charge < -0.3 is 31.5 Å². The van der Waals surface area contributed by atoms with Crippen LogP contribution in [0.1, 0.15) is 39.5 Å². The lowest BCUT2D eigenvalue weighted by molar-refractivity contribution is -0.150. The molecule has 30 heavy (non-hydrogen) atoms. The molecule has 1 heterocycles. The van der Waals surface area contributed by atoms with E-state index in [0.717, 1.165) is 0 Å². The Hall–Kier alpha value is -1.85. The summed E-state index contributed by atoms with van der Waals surface area (Å²) < 4.78 is 0. The molecule has 0 saturated carbocycles. The zero-order valence-electron chi connectivity index (χ0n) is 17.8. The van der Waals surface area contributed by atoms with Crippen LogP contribution in [0.25, 0.3) is 0 Å². The van der Waals surface area contributed by atoms with Crippen molar-refractivity contribution in [3.63, 3.8) is 0 Å². The van der Waals surface area contributed by atoms with Crippen LogP contribution in [0.15, 0.2) is 0 Å². The first-order valence-corrected chi connectivity index (χ1v) is 11.6. The molecule has 11 heteroatoms. The standard InChI is InChI=1S/C19H34N4O6S/c1-4-11(2)15(18(27)23-8-5-6-14(23)19(28)29)22-17(26)13(7-9-30-3)21-16(25)12(20)10-24/h11-15,24H,4-10,20H2,1-3H3,(H,21,25)(H,22,26)(H,28,29). The van der Waals surface area contributed by atoms with Gasteiger partial charge in [0.15, 0.2) is 0 Å². The maximum atomic E-state index is 13.1. The number of carbonyl (C=O) groups is 4. The third-order valence-corrected chi connectivity index (χ3v) is 6.02. The first kappa shape index (κ1) is 26.2. The number of hydrogen-bond donors (Lipinski definition) is 5. The van der Waals surface area contributed by atoms with E-state index in [9.17, 15) is 24.3 Å². The van der Waals surface area contributed by atoms with E-state index in [1.165, 1.54) is 16.7 Å². The van der Waals surface area contributed by atoms with Crippen molar-refractivity contribution in [2.24, 2.45) is 11.7 Å². The molecular formula is C19H34N4O6S. The molecule has 5 unspecified atom stereocenters. The van der Waals surface area contributed by atoms with Gasteiger partial charge >= 0.3 is 5.97 Å². The predicted octanol–water partition coefficient (Wildman–Crippen LogP) is -0.850. The maximum Gasteiger partial charge on any atom is 0.326 e. The average molecular weight is 447 g/mol. The Morgan fingerprint density at radius 1 is 1.23 bits per heavy atom. The van der Waals surface area contributed by atoms with Crippen molar-refractivity contribution in [2.75, 3.05) is 25.2 Å². The molecule has 1 rings (SSSR count). The fourth-order valence-electron chi connectivity index (χ4n) is 3.27. The molecule has 0 aromatic heterocycles. The molecule has 172 valence electrons. The number of thioether (sulfide) groups is 1. The van der Waals surface area contributed by atoms with Crippen LogP contribution in [-0.4, -0.2) is 88.1 Å². The number of carboxylic acid groups (broad SMARTS) is 1. The van der Waals surface area contributed by atoms with Crippen molar-refractivity contribution in [1.29, 1.82) is 0 Å². The molecule has 1 aliphatic heterocycles. The molecule has 1 aliphatic rings. The number of aliphatic hydroxyl groups is 1. The Kier molecular flexibility index (Phi) is 11.1. The van der Waals surface area contributed by atoms with Crippen LogP contribution in [0.2, 0.25) is 0 Å². The largest absolute Gasteiger partial charge is 0.480 e. The van der Waals surface area contributed by atoms with Gasteiger partial charge in [-0.1, -0.05) is 20.3 Å². The van der Waals surface area contributed by atoms with Crippen molar-refractivity contribution in [2.45, 2.75) is 63.7 Å². The minimum absolute atomic E-state index is 0.229. The predicted molar refractivity (Wildman–Crippen MR) is 114 cm³/mol. The Morgan fingerprint density at radius 2 is 1.90 bits per heavy atom. The molecule has 6 N–H and O–H groups in total. The van der Waals surface area contributed by atoms with Crippen LogP contribution in [0, 0.1) is 5.92 Å². The minimum Gasteiger partial charge on any atom is -0.480 e. The number of nitrogens with two attached hydrogens (primary N) is 1. The highest BCUT2D eigenvalue weighted by Crippen LogP contribution is 2.21. The summed E-state index contributed by atoms with van der Waals surface area (Å²) in [5.41, 5.74) is 5.52. The monoisotopic (exact) mass is 446 g/mol. The first-order valence-electron chi connectivity index (χ1n) is 10.2. The van der Waals surface area contributed by atoms with Crippen LogP contribution in [0.3, 0.4) is 0 Å². The van der Waals surface area contributed by atoms with Gasteiger partial charge in [-0.15, -0.1) is 0 Å². The minimum atomic E-state index is -1.15. The summed E-state index contributed by atoms with van der Waals surface area (Å²) in [6.45, 7) is 3.47. The van der Waals surface area contributed by atoms with Crippen LogP contribution in [0.5, 0.6) is 0 Å².